The summed E-state index contributed by atoms with van der Waals surface area (Å²) in [6, 6.07) is 16.2. The minimum atomic E-state index is -4.43. The Hall–Kier alpha value is -2.89. The van der Waals surface area contributed by atoms with Crippen LogP contribution >= 0.6 is 0 Å². The number of halogens is 3. The van der Waals surface area contributed by atoms with Crippen LogP contribution in [0.1, 0.15) is 5.56 Å². The van der Waals surface area contributed by atoms with Crippen molar-refractivity contribution < 1.29 is 13.2 Å². The number of anilines is 1. The van der Waals surface area contributed by atoms with E-state index < -0.39 is 11.7 Å². The summed E-state index contributed by atoms with van der Waals surface area (Å²) >= 11 is 0. The maximum Gasteiger partial charge on any atom is 0.416 e. The van der Waals surface area contributed by atoms with E-state index in [2.05, 4.69) is 10.2 Å². The fraction of sp³-hybridized carbons (Fsp3) is 0.0588. The molecular formula is C17H12F3N3. The minimum Gasteiger partial charge on any atom is -0.397 e. The molecule has 0 aromatic heterocycles. The average molecular weight is 315 g/mol. The van der Waals surface area contributed by atoms with E-state index in [1.807, 2.05) is 36.4 Å². The molecule has 0 aliphatic carbocycles. The van der Waals surface area contributed by atoms with Crippen LogP contribution in [0.25, 0.3) is 10.8 Å². The second-order valence-corrected chi connectivity index (χ2v) is 4.97. The van der Waals surface area contributed by atoms with Gasteiger partial charge in [0, 0.05) is 5.39 Å². The Morgan fingerprint density at radius 2 is 1.48 bits per heavy atom. The van der Waals surface area contributed by atoms with Gasteiger partial charge in [0.2, 0.25) is 0 Å². The summed E-state index contributed by atoms with van der Waals surface area (Å²) in [7, 11) is 0. The van der Waals surface area contributed by atoms with Crippen LogP contribution in [-0.4, -0.2) is 0 Å². The second kappa shape index (κ2) is 5.72. The predicted octanol–water partition coefficient (Wildman–Crippen LogP) is 5.86. The smallest absolute Gasteiger partial charge is 0.397 e. The summed E-state index contributed by atoms with van der Waals surface area (Å²) in [5.41, 5.74) is 5.60. The highest BCUT2D eigenvalue weighted by atomic mass is 19.4. The molecule has 0 amide bonds. The third-order valence-corrected chi connectivity index (χ3v) is 3.39. The monoisotopic (exact) mass is 315 g/mol. The number of benzene rings is 3. The number of fused-ring (bicyclic) bond motifs is 1. The molecule has 116 valence electrons. The van der Waals surface area contributed by atoms with Gasteiger partial charge in [-0.25, -0.2) is 0 Å². The summed E-state index contributed by atoms with van der Waals surface area (Å²) in [5.74, 6) is 0. The van der Waals surface area contributed by atoms with Gasteiger partial charge in [-0.3, -0.25) is 0 Å². The SMILES string of the molecule is Nc1cc(C(F)(F)F)ccc1N=Nc1cccc2ccccc12. The third-order valence-electron chi connectivity index (χ3n) is 3.39. The fourth-order valence-electron chi connectivity index (χ4n) is 2.23. The van der Waals surface area contributed by atoms with E-state index in [9.17, 15) is 13.2 Å². The largest absolute Gasteiger partial charge is 0.416 e. The Morgan fingerprint density at radius 3 is 2.22 bits per heavy atom. The van der Waals surface area contributed by atoms with Gasteiger partial charge in [-0.2, -0.15) is 13.2 Å². The highest BCUT2D eigenvalue weighted by Crippen LogP contribution is 2.35. The van der Waals surface area contributed by atoms with Crippen LogP contribution in [0.5, 0.6) is 0 Å². The van der Waals surface area contributed by atoms with Crippen LogP contribution in [-0.2, 0) is 6.18 Å². The standard InChI is InChI=1S/C17H12F3N3/c18-17(19,20)12-8-9-16(14(21)10-12)23-22-15-7-3-5-11-4-1-2-6-13(11)15/h1-10H,21H2. The zero-order chi connectivity index (χ0) is 16.4. The Morgan fingerprint density at radius 1 is 0.783 bits per heavy atom. The van der Waals surface area contributed by atoms with Gasteiger partial charge in [0.05, 0.1) is 16.9 Å². The van der Waals surface area contributed by atoms with Gasteiger partial charge < -0.3 is 5.73 Å². The predicted molar refractivity (Wildman–Crippen MR) is 84.0 cm³/mol. The van der Waals surface area contributed by atoms with Gasteiger partial charge in [-0.05, 0) is 29.7 Å². The molecule has 3 aromatic carbocycles. The molecule has 0 atom stereocenters. The van der Waals surface area contributed by atoms with E-state index in [0.29, 0.717) is 5.69 Å². The number of hydrogen-bond donors (Lipinski definition) is 1. The van der Waals surface area contributed by atoms with Gasteiger partial charge >= 0.3 is 6.18 Å². The van der Waals surface area contributed by atoms with E-state index in [4.69, 9.17) is 5.73 Å². The van der Waals surface area contributed by atoms with Crippen molar-refractivity contribution in [2.24, 2.45) is 10.2 Å². The lowest BCUT2D eigenvalue weighted by atomic mass is 10.1. The molecule has 6 heteroatoms. The van der Waals surface area contributed by atoms with Crippen molar-refractivity contribution in [1.29, 1.82) is 0 Å². The van der Waals surface area contributed by atoms with Gasteiger partial charge in [-0.15, -0.1) is 10.2 Å². The number of hydrogen-bond acceptors (Lipinski definition) is 3. The van der Waals surface area contributed by atoms with Crippen LogP contribution in [0.3, 0.4) is 0 Å². The van der Waals surface area contributed by atoms with Crippen LogP contribution in [0, 0.1) is 0 Å². The molecule has 0 aliphatic heterocycles. The molecule has 3 aromatic rings. The molecule has 0 radical (unpaired) electrons. The van der Waals surface area contributed by atoms with Gasteiger partial charge in [0.1, 0.15) is 5.69 Å². The summed E-state index contributed by atoms with van der Waals surface area (Å²) in [6.45, 7) is 0. The van der Waals surface area contributed by atoms with Crippen molar-refractivity contribution in [2.45, 2.75) is 6.18 Å². The van der Waals surface area contributed by atoms with Crippen LogP contribution < -0.4 is 5.73 Å². The zero-order valence-electron chi connectivity index (χ0n) is 11.9. The molecule has 0 fully saturated rings. The second-order valence-electron chi connectivity index (χ2n) is 4.97. The molecule has 0 bridgehead atoms. The van der Waals surface area contributed by atoms with Crippen molar-refractivity contribution in [3.05, 3.63) is 66.2 Å². The number of nitrogens with two attached hydrogens (primary N) is 1. The Labute approximate surface area is 130 Å². The Kier molecular flexibility index (Phi) is 3.73. The maximum atomic E-state index is 12.6. The van der Waals surface area contributed by atoms with E-state index >= 15 is 0 Å². The van der Waals surface area contributed by atoms with Crippen LogP contribution in [0.2, 0.25) is 0 Å². The molecule has 3 nitrogen and oxygen atoms in total. The summed E-state index contributed by atoms with van der Waals surface area (Å²) < 4.78 is 37.8. The maximum absolute atomic E-state index is 12.6. The Balaban J connectivity index is 1.96. The van der Waals surface area contributed by atoms with Crippen molar-refractivity contribution in [3.8, 4) is 0 Å². The Bertz CT molecular complexity index is 880. The van der Waals surface area contributed by atoms with Crippen molar-refractivity contribution >= 4 is 27.8 Å². The highest BCUT2D eigenvalue weighted by Gasteiger charge is 2.30. The first-order chi connectivity index (χ1) is 10.9. The van der Waals surface area contributed by atoms with E-state index in [-0.39, 0.29) is 11.4 Å². The van der Waals surface area contributed by atoms with Crippen LogP contribution in [0.4, 0.5) is 30.2 Å². The van der Waals surface area contributed by atoms with E-state index in [1.165, 1.54) is 6.07 Å². The summed E-state index contributed by atoms with van der Waals surface area (Å²) in [4.78, 5) is 0. The number of azo groups is 1. The number of nitrogen functional groups attached to an aromatic ring is 1. The van der Waals surface area contributed by atoms with Crippen molar-refractivity contribution in [2.75, 3.05) is 5.73 Å². The molecule has 0 spiro atoms. The zero-order valence-corrected chi connectivity index (χ0v) is 11.9. The van der Waals surface area contributed by atoms with Crippen molar-refractivity contribution in [1.82, 2.24) is 0 Å². The lowest BCUT2D eigenvalue weighted by molar-refractivity contribution is -0.137. The van der Waals surface area contributed by atoms with E-state index in [0.717, 1.165) is 22.9 Å². The molecule has 0 heterocycles. The first-order valence-corrected chi connectivity index (χ1v) is 6.81. The lowest BCUT2D eigenvalue weighted by Gasteiger charge is -2.08. The molecule has 3 rings (SSSR count). The van der Waals surface area contributed by atoms with E-state index in [1.54, 1.807) is 6.07 Å². The lowest BCUT2D eigenvalue weighted by Crippen LogP contribution is -2.05. The molecule has 23 heavy (non-hydrogen) atoms. The highest BCUT2D eigenvalue weighted by molar-refractivity contribution is 5.92. The van der Waals surface area contributed by atoms with Gasteiger partial charge in [-0.1, -0.05) is 36.4 Å². The first-order valence-electron chi connectivity index (χ1n) is 6.81. The molecule has 0 unspecified atom stereocenters. The number of alkyl halides is 3. The fourth-order valence-corrected chi connectivity index (χ4v) is 2.23. The first kappa shape index (κ1) is 15.0. The van der Waals surface area contributed by atoms with Crippen molar-refractivity contribution in [3.63, 3.8) is 0 Å². The van der Waals surface area contributed by atoms with Crippen LogP contribution in [0.15, 0.2) is 70.9 Å². The number of rotatable bonds is 2. The minimum absolute atomic E-state index is 0.0659. The number of nitrogens with zero attached hydrogens (tertiary/aromatic N) is 2. The molecule has 2 N–H and O–H groups in total. The van der Waals surface area contributed by atoms with Gasteiger partial charge in [0.25, 0.3) is 0 Å². The molecule has 0 saturated carbocycles. The van der Waals surface area contributed by atoms with Gasteiger partial charge in [0.15, 0.2) is 0 Å². The third kappa shape index (κ3) is 3.15. The topological polar surface area (TPSA) is 50.7 Å². The molecule has 0 aliphatic rings. The summed E-state index contributed by atoms with van der Waals surface area (Å²) in [5, 5.41) is 10.0. The molecule has 0 saturated heterocycles. The quantitative estimate of drug-likeness (QED) is 0.467. The summed E-state index contributed by atoms with van der Waals surface area (Å²) in [6.07, 6.45) is -4.43. The average Bonchev–Trinajstić information content (AvgIpc) is 2.53. The normalized spacial score (nSPS) is 12.1. The molecular weight excluding hydrogens is 303 g/mol.